The van der Waals surface area contributed by atoms with Crippen LogP contribution in [-0.4, -0.2) is 284 Å². The monoisotopic (exact) mass is 955 g/mol. The van der Waals surface area contributed by atoms with Crippen molar-refractivity contribution in [3.05, 3.63) is 0 Å². The summed E-state index contributed by atoms with van der Waals surface area (Å²) in [4.78, 5) is 10.1. The molecule has 0 aliphatic heterocycles. The summed E-state index contributed by atoms with van der Waals surface area (Å²) in [6, 6.07) is 0. The maximum atomic E-state index is 10.1. The summed E-state index contributed by atoms with van der Waals surface area (Å²) in [7, 11) is 1.64. The Hall–Kier alpha value is -1.17. The van der Waals surface area contributed by atoms with Crippen LogP contribution in [0.5, 0.6) is 0 Å². The Kier molecular flexibility index (Phi) is 61.7. The van der Waals surface area contributed by atoms with E-state index in [0.29, 0.717) is 271 Å². The third-order valence-electron chi connectivity index (χ3n) is 7.69. The summed E-state index contributed by atoms with van der Waals surface area (Å²) in [5.74, 6) is 0. The molecule has 390 valence electrons. The Morgan fingerprint density at radius 3 is 0.400 bits per heavy atom. The van der Waals surface area contributed by atoms with Crippen LogP contribution in [0.15, 0.2) is 0 Å². The summed E-state index contributed by atoms with van der Waals surface area (Å²) in [5, 5.41) is 0. The summed E-state index contributed by atoms with van der Waals surface area (Å²) in [5.41, 5.74) is 0. The van der Waals surface area contributed by atoms with Crippen LogP contribution in [-0.2, 0) is 104 Å². The first kappa shape index (κ1) is 63.8. The number of rotatable bonds is 62. The van der Waals surface area contributed by atoms with Gasteiger partial charge < -0.3 is 104 Å². The van der Waals surface area contributed by atoms with Gasteiger partial charge in [0.05, 0.1) is 264 Å². The lowest BCUT2D eigenvalue weighted by Crippen LogP contribution is -2.16. The van der Waals surface area contributed by atoms with Crippen molar-refractivity contribution in [1.29, 1.82) is 0 Å². The highest BCUT2D eigenvalue weighted by molar-refractivity contribution is 5.50. The van der Waals surface area contributed by atoms with Crippen LogP contribution in [0.4, 0.5) is 0 Å². The molecule has 0 fully saturated rings. The van der Waals surface area contributed by atoms with Crippen molar-refractivity contribution in [2.75, 3.05) is 278 Å². The quantitative estimate of drug-likeness (QED) is 0.0587. The smallest absolute Gasteiger partial charge is 0.145 e. The molecule has 22 nitrogen and oxygen atoms in total. The minimum Gasteiger partial charge on any atom is -0.382 e. The van der Waals surface area contributed by atoms with Crippen molar-refractivity contribution in [2.24, 2.45) is 0 Å². The minimum atomic E-state index is 0.0934. The molecule has 0 rings (SSSR count). The van der Waals surface area contributed by atoms with E-state index in [1.165, 1.54) is 0 Å². The normalized spacial score (nSPS) is 11.6. The highest BCUT2D eigenvalue weighted by Gasteiger charge is 1.99. The molecule has 0 bridgehead atoms. The average Bonchev–Trinajstić information content (AvgIpc) is 3.32. The fourth-order valence-electron chi connectivity index (χ4n) is 4.45. The van der Waals surface area contributed by atoms with Gasteiger partial charge in [0.25, 0.3) is 0 Å². The van der Waals surface area contributed by atoms with Gasteiger partial charge in [-0.15, -0.1) is 0 Å². The lowest BCUT2D eigenvalue weighted by molar-refractivity contribution is -0.112. The first-order valence-electron chi connectivity index (χ1n) is 22.9. The van der Waals surface area contributed by atoms with Crippen LogP contribution < -0.4 is 0 Å². The SMILES string of the molecule is COCCOCCOCCOCCOCCOCCOCCOCCOCCOCCOCCOCCOCCOCCOCCOCCOCCOCCOCCOCCOCC=O. The van der Waals surface area contributed by atoms with Gasteiger partial charge in [0.2, 0.25) is 0 Å². The molecule has 0 unspecified atom stereocenters. The largest absolute Gasteiger partial charge is 0.382 e. The lowest BCUT2D eigenvalue weighted by Gasteiger charge is -2.09. The number of hydrogen-bond donors (Lipinski definition) is 0. The molecular weight excluding hydrogens is 868 g/mol. The fourth-order valence-corrected chi connectivity index (χ4v) is 4.45. The number of carbonyl (C=O) groups excluding carboxylic acids is 1. The van der Waals surface area contributed by atoms with Crippen LogP contribution in [0.2, 0.25) is 0 Å². The first-order chi connectivity index (χ1) is 32.4. The Morgan fingerprint density at radius 2 is 0.292 bits per heavy atom. The summed E-state index contributed by atoms with van der Waals surface area (Å²) < 4.78 is 114. The molecular formula is C43H86O22. The Bertz CT molecular complexity index is 841. The number of methoxy groups -OCH3 is 1. The van der Waals surface area contributed by atoms with Gasteiger partial charge in [0.1, 0.15) is 12.9 Å². The van der Waals surface area contributed by atoms with E-state index in [4.69, 9.17) is 99.5 Å². The van der Waals surface area contributed by atoms with Crippen molar-refractivity contribution in [2.45, 2.75) is 0 Å². The van der Waals surface area contributed by atoms with Gasteiger partial charge in [-0.05, 0) is 0 Å². The molecule has 0 aromatic rings. The zero-order chi connectivity index (χ0) is 46.5. The predicted octanol–water partition coefficient (Wildman–Crippen LogP) is 0.164. The number of ether oxygens (including phenoxy) is 21. The summed E-state index contributed by atoms with van der Waals surface area (Å²) in [6.07, 6.45) is 0.709. The highest BCUT2D eigenvalue weighted by atomic mass is 16.6. The van der Waals surface area contributed by atoms with Gasteiger partial charge in [0.15, 0.2) is 0 Å². The molecule has 0 aromatic heterocycles. The van der Waals surface area contributed by atoms with E-state index in [9.17, 15) is 4.79 Å². The van der Waals surface area contributed by atoms with E-state index >= 15 is 0 Å². The van der Waals surface area contributed by atoms with Gasteiger partial charge in [-0.25, -0.2) is 0 Å². The van der Waals surface area contributed by atoms with Gasteiger partial charge in [-0.1, -0.05) is 0 Å². The number of carbonyl (C=O) groups is 1. The van der Waals surface area contributed by atoms with Gasteiger partial charge in [0, 0.05) is 7.11 Å². The van der Waals surface area contributed by atoms with Gasteiger partial charge >= 0.3 is 0 Å². The summed E-state index contributed by atoms with van der Waals surface area (Å²) >= 11 is 0. The van der Waals surface area contributed by atoms with Crippen molar-refractivity contribution in [3.63, 3.8) is 0 Å². The molecule has 0 aliphatic carbocycles. The maximum absolute atomic E-state index is 10.1. The second-order valence-electron chi connectivity index (χ2n) is 12.9. The van der Waals surface area contributed by atoms with E-state index in [2.05, 4.69) is 0 Å². The molecule has 0 aliphatic rings. The van der Waals surface area contributed by atoms with E-state index in [1.54, 1.807) is 7.11 Å². The molecule has 0 saturated heterocycles. The van der Waals surface area contributed by atoms with Crippen molar-refractivity contribution >= 4 is 6.29 Å². The van der Waals surface area contributed by atoms with Crippen molar-refractivity contribution in [1.82, 2.24) is 0 Å². The summed E-state index contributed by atoms with van der Waals surface area (Å²) in [6.45, 7) is 19.9. The van der Waals surface area contributed by atoms with Crippen molar-refractivity contribution < 1.29 is 104 Å². The Labute approximate surface area is 388 Å². The molecule has 0 saturated carbocycles. The Morgan fingerprint density at radius 1 is 0.185 bits per heavy atom. The molecule has 0 N–H and O–H groups in total. The highest BCUT2D eigenvalue weighted by Crippen LogP contribution is 1.90. The van der Waals surface area contributed by atoms with E-state index in [0.717, 1.165) is 0 Å². The molecule has 0 heterocycles. The standard InChI is InChI=1S/C43H86O22/c1-45-4-5-47-8-9-49-12-13-51-16-17-53-20-21-55-24-25-57-28-29-59-32-33-61-36-37-63-40-41-65-43-42-64-39-38-62-35-34-60-31-30-58-27-26-56-23-22-54-19-18-52-15-14-50-11-10-48-7-6-46-3-2-44/h2H,3-43H2,1H3. The number of aldehydes is 1. The molecule has 0 radical (unpaired) electrons. The lowest BCUT2D eigenvalue weighted by atomic mass is 10.6. The van der Waals surface area contributed by atoms with Crippen LogP contribution in [0.3, 0.4) is 0 Å². The third kappa shape index (κ3) is 62.8. The zero-order valence-corrected chi connectivity index (χ0v) is 39.6. The van der Waals surface area contributed by atoms with E-state index in [1.807, 2.05) is 0 Å². The van der Waals surface area contributed by atoms with Crippen LogP contribution in [0, 0.1) is 0 Å². The van der Waals surface area contributed by atoms with Gasteiger partial charge in [-0.3, -0.25) is 0 Å². The molecule has 0 atom stereocenters. The van der Waals surface area contributed by atoms with E-state index < -0.39 is 0 Å². The molecule has 0 aromatic carbocycles. The third-order valence-corrected chi connectivity index (χ3v) is 7.69. The molecule has 22 heteroatoms. The topological polar surface area (TPSA) is 211 Å². The second-order valence-corrected chi connectivity index (χ2v) is 12.9. The first-order valence-corrected chi connectivity index (χ1v) is 22.9. The molecule has 0 spiro atoms. The predicted molar refractivity (Wildman–Crippen MR) is 234 cm³/mol. The van der Waals surface area contributed by atoms with Crippen molar-refractivity contribution in [3.8, 4) is 0 Å². The fraction of sp³-hybridized carbons (Fsp3) is 0.977. The van der Waals surface area contributed by atoms with Crippen LogP contribution in [0.25, 0.3) is 0 Å². The van der Waals surface area contributed by atoms with Crippen LogP contribution in [0.1, 0.15) is 0 Å². The van der Waals surface area contributed by atoms with E-state index in [-0.39, 0.29) is 6.61 Å². The van der Waals surface area contributed by atoms with Gasteiger partial charge in [-0.2, -0.15) is 0 Å². The molecule has 65 heavy (non-hydrogen) atoms. The second kappa shape index (κ2) is 62.8. The molecule has 0 amide bonds. The number of hydrogen-bond acceptors (Lipinski definition) is 22. The Balaban J connectivity index is 3.06. The maximum Gasteiger partial charge on any atom is 0.145 e. The van der Waals surface area contributed by atoms with Crippen LogP contribution >= 0.6 is 0 Å². The zero-order valence-electron chi connectivity index (χ0n) is 39.6. The minimum absolute atomic E-state index is 0.0934. The average molecular weight is 955 g/mol.